The van der Waals surface area contributed by atoms with Crippen molar-refractivity contribution in [1.29, 1.82) is 0 Å². The fourth-order valence-corrected chi connectivity index (χ4v) is 3.43. The minimum Gasteiger partial charge on any atom is -0.481 e. The molecular weight excluding hydrogens is 298 g/mol. The molecule has 1 aromatic carbocycles. The predicted octanol–water partition coefficient (Wildman–Crippen LogP) is 3.62. The molecule has 1 aliphatic carbocycles. The molecule has 1 amide bonds. The van der Waals surface area contributed by atoms with Crippen molar-refractivity contribution in [2.24, 2.45) is 5.41 Å². The van der Waals surface area contributed by atoms with Gasteiger partial charge in [0, 0.05) is 11.3 Å². The van der Waals surface area contributed by atoms with Crippen molar-refractivity contribution in [1.82, 2.24) is 5.32 Å². The van der Waals surface area contributed by atoms with Crippen molar-refractivity contribution < 1.29 is 14.7 Å². The maximum absolute atomic E-state index is 12.1. The number of benzene rings is 1. The van der Waals surface area contributed by atoms with Crippen LogP contribution in [0, 0.1) is 5.41 Å². The third-order valence-corrected chi connectivity index (χ3v) is 5.23. The van der Waals surface area contributed by atoms with Crippen molar-refractivity contribution in [2.75, 3.05) is 5.75 Å². The van der Waals surface area contributed by atoms with Crippen LogP contribution in [0.3, 0.4) is 0 Å². The van der Waals surface area contributed by atoms with Crippen LogP contribution in [0.15, 0.2) is 29.2 Å². The van der Waals surface area contributed by atoms with Gasteiger partial charge in [-0.15, -0.1) is 11.8 Å². The molecule has 0 spiro atoms. The van der Waals surface area contributed by atoms with Gasteiger partial charge in [0.1, 0.15) is 0 Å². The first-order valence-corrected chi connectivity index (χ1v) is 8.71. The molecule has 2 rings (SSSR count). The molecule has 0 radical (unpaired) electrons. The lowest BCUT2D eigenvalue weighted by Crippen LogP contribution is -2.43. The molecule has 0 aliphatic heterocycles. The summed E-state index contributed by atoms with van der Waals surface area (Å²) in [5.74, 6) is 0.00669. The minimum absolute atomic E-state index is 0.0798. The second-order valence-corrected chi connectivity index (χ2v) is 7.24. The van der Waals surface area contributed by atoms with Crippen LogP contribution in [0.4, 0.5) is 0 Å². The predicted molar refractivity (Wildman–Crippen MR) is 87.9 cm³/mol. The molecule has 1 aliphatic rings. The number of carboxylic acid groups (broad SMARTS) is 1. The van der Waals surface area contributed by atoms with E-state index in [2.05, 4.69) is 24.4 Å². The molecule has 0 heterocycles. The molecule has 5 heteroatoms. The fraction of sp³-hybridized carbons (Fsp3) is 0.529. The number of carbonyl (C=O) groups excluding carboxylic acids is 1. The van der Waals surface area contributed by atoms with E-state index in [0.717, 1.165) is 17.7 Å². The summed E-state index contributed by atoms with van der Waals surface area (Å²) in [6, 6.07) is 8.02. The first-order chi connectivity index (χ1) is 10.5. The Bertz CT molecular complexity index is 537. The Hall–Kier alpha value is -1.49. The molecule has 2 N–H and O–H groups in total. The number of nitrogens with one attached hydrogen (secondary N) is 1. The van der Waals surface area contributed by atoms with Gasteiger partial charge in [0.25, 0.3) is 0 Å². The Morgan fingerprint density at radius 3 is 2.41 bits per heavy atom. The Morgan fingerprint density at radius 2 is 1.95 bits per heavy atom. The SMILES string of the molecule is CCSc1ccc(C(C)NC(=O)CC2(C(=O)O)CCC2)cc1. The van der Waals surface area contributed by atoms with Crippen LogP contribution in [0.5, 0.6) is 0 Å². The second kappa shape index (κ2) is 7.18. The molecular formula is C17H23NO3S. The number of rotatable bonds is 7. The maximum Gasteiger partial charge on any atom is 0.310 e. The van der Waals surface area contributed by atoms with Crippen LogP contribution >= 0.6 is 11.8 Å². The molecule has 4 nitrogen and oxygen atoms in total. The van der Waals surface area contributed by atoms with Crippen molar-refractivity contribution in [2.45, 2.75) is 50.5 Å². The second-order valence-electron chi connectivity index (χ2n) is 5.91. The zero-order valence-electron chi connectivity index (χ0n) is 13.1. The van der Waals surface area contributed by atoms with E-state index < -0.39 is 11.4 Å². The van der Waals surface area contributed by atoms with Gasteiger partial charge in [-0.1, -0.05) is 25.5 Å². The van der Waals surface area contributed by atoms with Crippen LogP contribution in [-0.2, 0) is 9.59 Å². The number of amides is 1. The summed E-state index contributed by atoms with van der Waals surface area (Å²) in [5, 5.41) is 12.2. The Morgan fingerprint density at radius 1 is 1.32 bits per heavy atom. The lowest BCUT2D eigenvalue weighted by Gasteiger charge is -2.37. The van der Waals surface area contributed by atoms with E-state index in [9.17, 15) is 14.7 Å². The molecule has 0 bridgehead atoms. The topological polar surface area (TPSA) is 66.4 Å². The van der Waals surface area contributed by atoms with Gasteiger partial charge in [-0.2, -0.15) is 0 Å². The van der Waals surface area contributed by atoms with Gasteiger partial charge in [0.2, 0.25) is 5.91 Å². The average molecular weight is 321 g/mol. The molecule has 1 fully saturated rings. The largest absolute Gasteiger partial charge is 0.481 e. The summed E-state index contributed by atoms with van der Waals surface area (Å²) in [6.07, 6.45) is 2.18. The Kier molecular flexibility index (Phi) is 5.51. The van der Waals surface area contributed by atoms with Gasteiger partial charge in [-0.3, -0.25) is 9.59 Å². The maximum atomic E-state index is 12.1. The first-order valence-electron chi connectivity index (χ1n) is 7.72. The van der Waals surface area contributed by atoms with Crippen LogP contribution in [0.2, 0.25) is 0 Å². The normalized spacial score (nSPS) is 17.4. The summed E-state index contributed by atoms with van der Waals surface area (Å²) >= 11 is 1.78. The molecule has 120 valence electrons. The molecule has 1 unspecified atom stereocenters. The number of carbonyl (C=O) groups is 2. The van der Waals surface area contributed by atoms with Gasteiger partial charge in [0.05, 0.1) is 11.5 Å². The van der Waals surface area contributed by atoms with Crippen molar-refractivity contribution in [3.8, 4) is 0 Å². The number of hydrogen-bond donors (Lipinski definition) is 2. The summed E-state index contributed by atoms with van der Waals surface area (Å²) < 4.78 is 0. The molecule has 1 saturated carbocycles. The lowest BCUT2D eigenvalue weighted by molar-refractivity contribution is -0.157. The third-order valence-electron chi connectivity index (χ3n) is 4.33. The quantitative estimate of drug-likeness (QED) is 0.753. The van der Waals surface area contributed by atoms with Gasteiger partial charge in [-0.25, -0.2) is 0 Å². The highest BCUT2D eigenvalue weighted by Crippen LogP contribution is 2.44. The van der Waals surface area contributed by atoms with Gasteiger partial charge in [-0.05, 0) is 43.2 Å². The molecule has 22 heavy (non-hydrogen) atoms. The van der Waals surface area contributed by atoms with Crippen LogP contribution in [0.1, 0.15) is 51.1 Å². The highest BCUT2D eigenvalue weighted by atomic mass is 32.2. The molecule has 1 aromatic rings. The van der Waals surface area contributed by atoms with Crippen molar-refractivity contribution >= 4 is 23.6 Å². The van der Waals surface area contributed by atoms with E-state index in [1.165, 1.54) is 4.90 Å². The number of aliphatic carboxylic acids is 1. The fourth-order valence-electron chi connectivity index (χ4n) is 2.77. The van der Waals surface area contributed by atoms with Gasteiger partial charge >= 0.3 is 5.97 Å². The van der Waals surface area contributed by atoms with Crippen molar-refractivity contribution in [3.63, 3.8) is 0 Å². The van der Waals surface area contributed by atoms with Gasteiger partial charge < -0.3 is 10.4 Å². The van der Waals surface area contributed by atoms with E-state index in [4.69, 9.17) is 0 Å². The number of thioether (sulfide) groups is 1. The minimum atomic E-state index is -0.845. The number of hydrogen-bond acceptors (Lipinski definition) is 3. The zero-order valence-corrected chi connectivity index (χ0v) is 13.9. The summed E-state index contributed by atoms with van der Waals surface area (Å²) in [4.78, 5) is 24.7. The van der Waals surface area contributed by atoms with E-state index in [-0.39, 0.29) is 18.4 Å². The Balaban J connectivity index is 1.92. The van der Waals surface area contributed by atoms with E-state index >= 15 is 0 Å². The summed E-state index contributed by atoms with van der Waals surface area (Å²) in [7, 11) is 0. The summed E-state index contributed by atoms with van der Waals surface area (Å²) in [6.45, 7) is 4.04. The highest BCUT2D eigenvalue weighted by molar-refractivity contribution is 7.99. The smallest absolute Gasteiger partial charge is 0.310 e. The molecule has 0 saturated heterocycles. The zero-order chi connectivity index (χ0) is 16.2. The lowest BCUT2D eigenvalue weighted by atomic mass is 9.66. The standard InChI is InChI=1S/C17H23NO3S/c1-3-22-14-7-5-13(6-8-14)12(2)18-15(19)11-17(16(20)21)9-4-10-17/h5-8,12H,3-4,9-11H2,1-2H3,(H,18,19)(H,20,21). The monoisotopic (exact) mass is 321 g/mol. The van der Waals surface area contributed by atoms with E-state index in [1.54, 1.807) is 11.8 Å². The highest BCUT2D eigenvalue weighted by Gasteiger charge is 2.45. The Labute approximate surface area is 135 Å². The molecule has 1 atom stereocenters. The molecule has 0 aromatic heterocycles. The van der Waals surface area contributed by atoms with E-state index in [0.29, 0.717) is 12.8 Å². The summed E-state index contributed by atoms with van der Waals surface area (Å²) in [5.41, 5.74) is 0.206. The van der Waals surface area contributed by atoms with Gasteiger partial charge in [0.15, 0.2) is 0 Å². The average Bonchev–Trinajstić information content (AvgIpc) is 2.43. The van der Waals surface area contributed by atoms with E-state index in [1.807, 2.05) is 19.1 Å². The first kappa shape index (κ1) is 16.9. The van der Waals surface area contributed by atoms with Crippen LogP contribution in [-0.4, -0.2) is 22.7 Å². The van der Waals surface area contributed by atoms with Crippen LogP contribution in [0.25, 0.3) is 0 Å². The van der Waals surface area contributed by atoms with Crippen molar-refractivity contribution in [3.05, 3.63) is 29.8 Å². The third kappa shape index (κ3) is 3.83. The van der Waals surface area contributed by atoms with Crippen LogP contribution < -0.4 is 5.32 Å². The number of carboxylic acids is 1.